The Morgan fingerprint density at radius 2 is 2.05 bits per heavy atom. The fourth-order valence-corrected chi connectivity index (χ4v) is 2.55. The minimum atomic E-state index is 0.888. The van der Waals surface area contributed by atoms with E-state index in [1.54, 1.807) is 0 Å². The second kappa shape index (κ2) is 6.70. The molecule has 0 aromatic carbocycles. The lowest BCUT2D eigenvalue weighted by Gasteiger charge is -2.06. The zero-order valence-electron chi connectivity index (χ0n) is 13.0. The highest BCUT2D eigenvalue weighted by Gasteiger charge is 2.11. The number of aromatic nitrogens is 4. The Labute approximate surface area is 121 Å². The smallest absolute Gasteiger partial charge is 0.110 e. The van der Waals surface area contributed by atoms with Crippen molar-refractivity contribution in [2.24, 2.45) is 7.05 Å². The molecule has 0 atom stereocenters. The standard InChI is InChI=1S/C15H25N5/c1-5-16-8-6-14-12(2)18-20(13(14)3)10-7-15-17-9-11-19(15)4/h9,11,16H,5-8,10H2,1-4H3. The van der Waals surface area contributed by atoms with E-state index in [4.69, 9.17) is 0 Å². The summed E-state index contributed by atoms with van der Waals surface area (Å²) in [6.45, 7) is 9.33. The molecule has 0 radical (unpaired) electrons. The third-order valence-corrected chi connectivity index (χ3v) is 3.80. The molecule has 0 aliphatic heterocycles. The first-order chi connectivity index (χ1) is 9.63. The summed E-state index contributed by atoms with van der Waals surface area (Å²) >= 11 is 0. The van der Waals surface area contributed by atoms with Crippen LogP contribution in [-0.2, 0) is 26.4 Å². The van der Waals surface area contributed by atoms with E-state index in [2.05, 4.69) is 45.4 Å². The van der Waals surface area contributed by atoms with Crippen molar-refractivity contribution < 1.29 is 0 Å². The third-order valence-electron chi connectivity index (χ3n) is 3.80. The maximum Gasteiger partial charge on any atom is 0.110 e. The summed E-state index contributed by atoms with van der Waals surface area (Å²) in [6.07, 6.45) is 5.79. The first-order valence-electron chi connectivity index (χ1n) is 7.33. The highest BCUT2D eigenvalue weighted by Crippen LogP contribution is 2.14. The molecule has 2 aromatic rings. The van der Waals surface area contributed by atoms with Crippen LogP contribution in [0.2, 0.25) is 0 Å². The molecular formula is C15H25N5. The molecule has 5 nitrogen and oxygen atoms in total. The van der Waals surface area contributed by atoms with Crippen molar-refractivity contribution in [3.63, 3.8) is 0 Å². The molecule has 0 amide bonds. The van der Waals surface area contributed by atoms with Gasteiger partial charge < -0.3 is 9.88 Å². The van der Waals surface area contributed by atoms with Crippen LogP contribution >= 0.6 is 0 Å². The van der Waals surface area contributed by atoms with E-state index in [9.17, 15) is 0 Å². The molecule has 0 spiro atoms. The molecule has 5 heteroatoms. The van der Waals surface area contributed by atoms with Gasteiger partial charge in [0.2, 0.25) is 0 Å². The molecule has 2 rings (SSSR count). The Morgan fingerprint density at radius 3 is 2.70 bits per heavy atom. The van der Waals surface area contributed by atoms with Gasteiger partial charge in [-0.05, 0) is 38.9 Å². The Kier molecular flexibility index (Phi) is 4.95. The summed E-state index contributed by atoms with van der Waals surface area (Å²) < 4.78 is 4.18. The molecule has 2 heterocycles. The van der Waals surface area contributed by atoms with Gasteiger partial charge in [-0.25, -0.2) is 4.98 Å². The fraction of sp³-hybridized carbons (Fsp3) is 0.600. The van der Waals surface area contributed by atoms with Gasteiger partial charge in [0.25, 0.3) is 0 Å². The van der Waals surface area contributed by atoms with E-state index in [0.717, 1.165) is 44.0 Å². The van der Waals surface area contributed by atoms with Gasteiger partial charge in [0.1, 0.15) is 5.82 Å². The Balaban J connectivity index is 2.02. The molecule has 0 aliphatic carbocycles. The van der Waals surface area contributed by atoms with Crippen LogP contribution in [-0.4, -0.2) is 32.4 Å². The summed E-state index contributed by atoms with van der Waals surface area (Å²) in [4.78, 5) is 4.36. The largest absolute Gasteiger partial charge is 0.338 e. The van der Waals surface area contributed by atoms with Crippen LogP contribution in [0.15, 0.2) is 12.4 Å². The SMILES string of the molecule is CCNCCc1c(C)nn(CCc2nccn2C)c1C. The summed E-state index contributed by atoms with van der Waals surface area (Å²) in [5, 5.41) is 8.04. The molecule has 2 aromatic heterocycles. The Morgan fingerprint density at radius 1 is 1.25 bits per heavy atom. The minimum absolute atomic E-state index is 0.888. The number of aryl methyl sites for hydroxylation is 4. The van der Waals surface area contributed by atoms with E-state index in [1.165, 1.54) is 11.3 Å². The highest BCUT2D eigenvalue weighted by molar-refractivity contribution is 5.24. The zero-order valence-corrected chi connectivity index (χ0v) is 13.0. The fourth-order valence-electron chi connectivity index (χ4n) is 2.55. The lowest BCUT2D eigenvalue weighted by atomic mass is 10.1. The van der Waals surface area contributed by atoms with Crippen LogP contribution in [0.4, 0.5) is 0 Å². The van der Waals surface area contributed by atoms with Gasteiger partial charge in [-0.1, -0.05) is 6.92 Å². The van der Waals surface area contributed by atoms with Gasteiger partial charge in [-0.3, -0.25) is 4.68 Å². The van der Waals surface area contributed by atoms with E-state index >= 15 is 0 Å². The van der Waals surface area contributed by atoms with E-state index < -0.39 is 0 Å². The van der Waals surface area contributed by atoms with Crippen molar-refractivity contribution in [3.8, 4) is 0 Å². The van der Waals surface area contributed by atoms with Crippen LogP contribution in [0.25, 0.3) is 0 Å². The number of imidazole rings is 1. The molecule has 20 heavy (non-hydrogen) atoms. The van der Waals surface area contributed by atoms with Crippen molar-refractivity contribution in [1.29, 1.82) is 0 Å². The van der Waals surface area contributed by atoms with Gasteiger partial charge >= 0.3 is 0 Å². The monoisotopic (exact) mass is 275 g/mol. The Hall–Kier alpha value is -1.62. The van der Waals surface area contributed by atoms with Gasteiger partial charge in [0.05, 0.1) is 5.69 Å². The highest BCUT2D eigenvalue weighted by atomic mass is 15.3. The second-order valence-electron chi connectivity index (χ2n) is 5.18. The number of hydrogen-bond acceptors (Lipinski definition) is 3. The van der Waals surface area contributed by atoms with E-state index in [0.29, 0.717) is 0 Å². The Bertz CT molecular complexity index is 553. The predicted octanol–water partition coefficient (Wildman–Crippen LogP) is 1.63. The molecular weight excluding hydrogens is 250 g/mol. The topological polar surface area (TPSA) is 47.7 Å². The van der Waals surface area contributed by atoms with Crippen LogP contribution in [0.1, 0.15) is 29.7 Å². The normalized spacial score (nSPS) is 11.2. The number of likely N-dealkylation sites (N-methyl/N-ethyl adjacent to an activating group) is 1. The van der Waals surface area contributed by atoms with E-state index in [1.807, 2.05) is 19.4 Å². The average Bonchev–Trinajstić information content (AvgIpc) is 2.94. The third kappa shape index (κ3) is 3.28. The molecule has 0 unspecified atom stereocenters. The molecule has 110 valence electrons. The first kappa shape index (κ1) is 14.8. The number of nitrogens with zero attached hydrogens (tertiary/aromatic N) is 4. The van der Waals surface area contributed by atoms with Crippen molar-refractivity contribution in [3.05, 3.63) is 35.2 Å². The van der Waals surface area contributed by atoms with Gasteiger partial charge in [0, 0.05) is 38.1 Å². The quantitative estimate of drug-likeness (QED) is 0.781. The average molecular weight is 275 g/mol. The molecule has 0 aliphatic rings. The number of hydrogen-bond donors (Lipinski definition) is 1. The molecule has 0 fully saturated rings. The van der Waals surface area contributed by atoms with Crippen molar-refractivity contribution in [2.45, 2.75) is 40.2 Å². The summed E-state index contributed by atoms with van der Waals surface area (Å²) in [5.41, 5.74) is 3.82. The molecule has 0 saturated heterocycles. The van der Waals surface area contributed by atoms with Crippen LogP contribution in [0.3, 0.4) is 0 Å². The summed E-state index contributed by atoms with van der Waals surface area (Å²) in [6, 6.07) is 0. The minimum Gasteiger partial charge on any atom is -0.338 e. The predicted molar refractivity (Wildman–Crippen MR) is 80.9 cm³/mol. The summed E-state index contributed by atoms with van der Waals surface area (Å²) in [7, 11) is 2.03. The lowest BCUT2D eigenvalue weighted by Crippen LogP contribution is -2.16. The number of rotatable bonds is 7. The zero-order chi connectivity index (χ0) is 14.5. The lowest BCUT2D eigenvalue weighted by molar-refractivity contribution is 0.572. The first-order valence-corrected chi connectivity index (χ1v) is 7.33. The maximum absolute atomic E-state index is 4.67. The number of nitrogens with one attached hydrogen (secondary N) is 1. The molecule has 0 bridgehead atoms. The van der Waals surface area contributed by atoms with E-state index in [-0.39, 0.29) is 0 Å². The second-order valence-corrected chi connectivity index (χ2v) is 5.18. The van der Waals surface area contributed by atoms with Crippen LogP contribution in [0, 0.1) is 13.8 Å². The maximum atomic E-state index is 4.67. The van der Waals surface area contributed by atoms with Crippen molar-refractivity contribution >= 4 is 0 Å². The van der Waals surface area contributed by atoms with Crippen LogP contribution < -0.4 is 5.32 Å². The van der Waals surface area contributed by atoms with Crippen molar-refractivity contribution in [2.75, 3.05) is 13.1 Å². The van der Waals surface area contributed by atoms with Crippen molar-refractivity contribution in [1.82, 2.24) is 24.6 Å². The van der Waals surface area contributed by atoms with Gasteiger partial charge in [-0.15, -0.1) is 0 Å². The van der Waals surface area contributed by atoms with Gasteiger partial charge in [-0.2, -0.15) is 5.10 Å². The summed E-state index contributed by atoms with van der Waals surface area (Å²) in [5.74, 6) is 1.10. The van der Waals surface area contributed by atoms with Gasteiger partial charge in [0.15, 0.2) is 0 Å². The molecule has 1 N–H and O–H groups in total. The van der Waals surface area contributed by atoms with Crippen LogP contribution in [0.5, 0.6) is 0 Å². The molecule has 0 saturated carbocycles.